The van der Waals surface area contributed by atoms with Gasteiger partial charge in [-0.1, -0.05) is 48.5 Å². The Labute approximate surface area is 233 Å². The minimum absolute atomic E-state index is 0.0452. The van der Waals surface area contributed by atoms with Crippen LogP contribution in [0.1, 0.15) is 63.2 Å². The lowest BCUT2D eigenvalue weighted by molar-refractivity contribution is 0.0647. The second kappa shape index (κ2) is 11.0. The molecule has 2 heterocycles. The van der Waals surface area contributed by atoms with E-state index in [2.05, 4.69) is 27.2 Å². The summed E-state index contributed by atoms with van der Waals surface area (Å²) in [7, 11) is 1.33. The number of benzene rings is 3. The van der Waals surface area contributed by atoms with E-state index in [1.165, 1.54) is 36.6 Å². The molecule has 40 heavy (non-hydrogen) atoms. The van der Waals surface area contributed by atoms with Crippen molar-refractivity contribution in [3.05, 3.63) is 107 Å². The number of imidazole rings is 1. The molecular weight excluding hydrogens is 502 g/mol. The summed E-state index contributed by atoms with van der Waals surface area (Å²) in [4.78, 5) is 35.8. The third kappa shape index (κ3) is 5.10. The maximum Gasteiger partial charge on any atom is 0.411 e. The molecule has 1 aromatic heterocycles. The molecule has 8 heteroatoms. The number of nitrogens with two attached hydrogens (primary N) is 1. The van der Waals surface area contributed by atoms with E-state index in [0.717, 1.165) is 34.6 Å². The van der Waals surface area contributed by atoms with Crippen LogP contribution < -0.4 is 11.1 Å². The van der Waals surface area contributed by atoms with Crippen LogP contribution in [0.2, 0.25) is 0 Å². The Bertz CT molecular complexity index is 1530. The van der Waals surface area contributed by atoms with Crippen molar-refractivity contribution in [2.75, 3.05) is 19.0 Å². The Hall–Kier alpha value is -4.43. The van der Waals surface area contributed by atoms with Crippen LogP contribution in [0.5, 0.6) is 0 Å². The highest BCUT2D eigenvalue weighted by molar-refractivity contribution is 5.97. The van der Waals surface area contributed by atoms with Gasteiger partial charge in [0.2, 0.25) is 0 Å². The Kier molecular flexibility index (Phi) is 7.09. The van der Waals surface area contributed by atoms with E-state index < -0.39 is 6.09 Å². The van der Waals surface area contributed by atoms with Crippen molar-refractivity contribution in [2.24, 2.45) is 5.73 Å². The molecule has 1 fully saturated rings. The predicted molar refractivity (Wildman–Crippen MR) is 154 cm³/mol. The summed E-state index contributed by atoms with van der Waals surface area (Å²) in [6, 6.07) is 21.4. The van der Waals surface area contributed by atoms with E-state index in [1.54, 1.807) is 6.20 Å². The highest BCUT2D eigenvalue weighted by atomic mass is 16.5. The number of anilines is 1. The summed E-state index contributed by atoms with van der Waals surface area (Å²) < 4.78 is 4.66. The quantitative estimate of drug-likeness (QED) is 0.273. The van der Waals surface area contributed by atoms with Gasteiger partial charge in [0.05, 0.1) is 25.0 Å². The van der Waals surface area contributed by atoms with Crippen molar-refractivity contribution in [3.8, 4) is 11.3 Å². The molecule has 204 valence electrons. The second-order valence-corrected chi connectivity index (χ2v) is 10.5. The predicted octanol–water partition coefficient (Wildman–Crippen LogP) is 5.57. The van der Waals surface area contributed by atoms with Gasteiger partial charge < -0.3 is 20.4 Å². The van der Waals surface area contributed by atoms with Gasteiger partial charge in [-0.2, -0.15) is 0 Å². The Morgan fingerprint density at radius 2 is 1.90 bits per heavy atom. The molecule has 0 bridgehead atoms. The smallest absolute Gasteiger partial charge is 0.411 e. The molecule has 2 aliphatic rings. The first-order valence-corrected chi connectivity index (χ1v) is 13.8. The maximum atomic E-state index is 14.1. The number of aromatic nitrogens is 2. The summed E-state index contributed by atoms with van der Waals surface area (Å²) in [6.07, 6.45) is 5.09. The fourth-order valence-electron chi connectivity index (χ4n) is 5.77. The van der Waals surface area contributed by atoms with Crippen LogP contribution in [-0.4, -0.2) is 40.5 Å². The molecule has 1 aliphatic carbocycles. The van der Waals surface area contributed by atoms with Gasteiger partial charge in [-0.3, -0.25) is 10.1 Å². The van der Waals surface area contributed by atoms with Gasteiger partial charge in [-0.05, 0) is 71.2 Å². The summed E-state index contributed by atoms with van der Waals surface area (Å²) >= 11 is 0. The van der Waals surface area contributed by atoms with Crippen molar-refractivity contribution < 1.29 is 14.3 Å². The summed E-state index contributed by atoms with van der Waals surface area (Å²) in [5.74, 6) is 1.33. The van der Waals surface area contributed by atoms with Gasteiger partial charge in [-0.15, -0.1) is 0 Å². The first kappa shape index (κ1) is 25.8. The van der Waals surface area contributed by atoms with Crippen LogP contribution in [0.15, 0.2) is 72.9 Å². The van der Waals surface area contributed by atoms with Crippen LogP contribution in [-0.2, 0) is 24.1 Å². The zero-order valence-electron chi connectivity index (χ0n) is 22.5. The lowest BCUT2D eigenvalue weighted by Gasteiger charge is -2.36. The standard InChI is InChI=1S/C32H33N5O3/c1-40-32(39)35-24-12-9-21(10-13-24)27-19-34-30(36-27)28(17-20-5-3-2-4-6-20)37-16-15-25-26(31(37)38)14-11-23(18-33)29(25)22-7-8-22/h2-6,9-14,19,22,28H,7-8,15-18,33H2,1H3,(H,34,36)(H,35,39)/t28-/m0/s1. The Morgan fingerprint density at radius 3 is 2.60 bits per heavy atom. The first-order valence-electron chi connectivity index (χ1n) is 13.8. The lowest BCUT2D eigenvalue weighted by Crippen LogP contribution is -2.42. The molecule has 4 N–H and O–H groups in total. The van der Waals surface area contributed by atoms with Crippen molar-refractivity contribution in [3.63, 3.8) is 0 Å². The van der Waals surface area contributed by atoms with E-state index in [9.17, 15) is 9.59 Å². The van der Waals surface area contributed by atoms with Crippen LogP contribution in [0.3, 0.4) is 0 Å². The minimum Gasteiger partial charge on any atom is -0.453 e. The van der Waals surface area contributed by atoms with Crippen LogP contribution in [0.4, 0.5) is 10.5 Å². The minimum atomic E-state index is -0.517. The summed E-state index contributed by atoms with van der Waals surface area (Å²) in [5.41, 5.74) is 14.1. The number of hydrogen-bond donors (Lipinski definition) is 3. The molecule has 4 aromatic rings. The van der Waals surface area contributed by atoms with Gasteiger partial charge in [0.1, 0.15) is 5.82 Å². The number of carbonyl (C=O) groups is 2. The second-order valence-electron chi connectivity index (χ2n) is 10.5. The molecule has 0 saturated heterocycles. The number of aromatic amines is 1. The highest BCUT2D eigenvalue weighted by Gasteiger charge is 2.37. The number of nitrogens with zero attached hydrogens (tertiary/aromatic N) is 2. The monoisotopic (exact) mass is 535 g/mol. The van der Waals surface area contributed by atoms with Crippen molar-refractivity contribution in [2.45, 2.75) is 44.2 Å². The van der Waals surface area contributed by atoms with Crippen LogP contribution in [0, 0.1) is 0 Å². The van der Waals surface area contributed by atoms with E-state index in [-0.39, 0.29) is 11.9 Å². The van der Waals surface area contributed by atoms with E-state index in [0.29, 0.717) is 31.1 Å². The van der Waals surface area contributed by atoms with Crippen LogP contribution >= 0.6 is 0 Å². The SMILES string of the molecule is COC(=O)Nc1ccc(-c2cnc([C@H](Cc3ccccc3)N3CCc4c(ccc(CN)c4C4CC4)C3=O)[nH]2)cc1. The third-order valence-electron chi connectivity index (χ3n) is 7.93. The largest absolute Gasteiger partial charge is 0.453 e. The molecule has 6 rings (SSSR count). The molecule has 2 amide bonds. The Morgan fingerprint density at radius 1 is 1.12 bits per heavy atom. The van der Waals surface area contributed by atoms with Crippen molar-refractivity contribution in [1.29, 1.82) is 0 Å². The fraction of sp³-hybridized carbons (Fsp3) is 0.281. The fourth-order valence-corrected chi connectivity index (χ4v) is 5.77. The summed E-state index contributed by atoms with van der Waals surface area (Å²) in [6.45, 7) is 1.13. The number of H-pyrrole nitrogens is 1. The number of methoxy groups -OCH3 is 1. The van der Waals surface area contributed by atoms with Gasteiger partial charge in [-0.25, -0.2) is 9.78 Å². The number of fused-ring (bicyclic) bond motifs is 1. The molecule has 3 aromatic carbocycles. The van der Waals surface area contributed by atoms with Gasteiger partial charge in [0.15, 0.2) is 0 Å². The van der Waals surface area contributed by atoms with E-state index >= 15 is 0 Å². The normalized spacial score (nSPS) is 15.4. The van der Waals surface area contributed by atoms with Crippen molar-refractivity contribution in [1.82, 2.24) is 14.9 Å². The lowest BCUT2D eigenvalue weighted by atomic mass is 9.87. The van der Waals surface area contributed by atoms with Crippen molar-refractivity contribution >= 4 is 17.7 Å². The highest BCUT2D eigenvalue weighted by Crippen LogP contribution is 2.45. The zero-order valence-corrected chi connectivity index (χ0v) is 22.5. The van der Waals surface area contributed by atoms with E-state index in [4.69, 9.17) is 10.7 Å². The molecular formula is C32H33N5O3. The first-order chi connectivity index (χ1) is 19.6. The average molecular weight is 536 g/mol. The third-order valence-corrected chi connectivity index (χ3v) is 7.93. The molecule has 8 nitrogen and oxygen atoms in total. The van der Waals surface area contributed by atoms with Crippen LogP contribution in [0.25, 0.3) is 11.3 Å². The number of ether oxygens (including phenoxy) is 1. The number of nitrogens with one attached hydrogen (secondary N) is 2. The molecule has 0 unspecified atom stereocenters. The molecule has 1 saturated carbocycles. The molecule has 1 atom stereocenters. The molecule has 1 aliphatic heterocycles. The number of hydrogen-bond acceptors (Lipinski definition) is 5. The van der Waals surface area contributed by atoms with Gasteiger partial charge in [0.25, 0.3) is 5.91 Å². The van der Waals surface area contributed by atoms with Gasteiger partial charge in [0, 0.05) is 30.8 Å². The average Bonchev–Trinajstić information content (AvgIpc) is 3.72. The summed E-state index contributed by atoms with van der Waals surface area (Å²) in [5, 5.41) is 2.66. The molecule has 0 radical (unpaired) electrons. The number of amides is 2. The molecule has 0 spiro atoms. The Balaban J connectivity index is 1.31. The number of carbonyl (C=O) groups excluding carboxylic acids is 2. The van der Waals surface area contributed by atoms with Gasteiger partial charge >= 0.3 is 6.09 Å². The zero-order chi connectivity index (χ0) is 27.6. The number of rotatable bonds is 8. The maximum absolute atomic E-state index is 14.1. The topological polar surface area (TPSA) is 113 Å². The van der Waals surface area contributed by atoms with E-state index in [1.807, 2.05) is 59.5 Å².